The molecule has 0 fully saturated rings. The third kappa shape index (κ3) is 3.40. The molecule has 0 unspecified atom stereocenters. The van der Waals surface area contributed by atoms with Gasteiger partial charge in [0.05, 0.1) is 17.4 Å². The number of fused-ring (bicyclic) bond motifs is 1. The minimum absolute atomic E-state index is 0.160. The number of rotatable bonds is 5. The number of carbonyl (C=O) groups is 1. The smallest absolute Gasteiger partial charge is 0.429 e. The SMILES string of the molecule is C=CCn1nc2ccccc2c1OC(=O)OCc1ccccc1. The normalized spacial score (nSPS) is 10.4. The lowest BCUT2D eigenvalue weighted by Crippen LogP contribution is -2.13. The van der Waals surface area contributed by atoms with Crippen molar-refractivity contribution in [3.63, 3.8) is 0 Å². The molecular weight excluding hydrogens is 292 g/mol. The predicted octanol–water partition coefficient (Wildman–Crippen LogP) is 3.94. The molecular formula is C18H16N2O3. The fraction of sp³-hybridized carbons (Fsp3) is 0.111. The maximum Gasteiger partial charge on any atom is 0.515 e. The largest absolute Gasteiger partial charge is 0.515 e. The van der Waals surface area contributed by atoms with Crippen LogP contribution in [0.15, 0.2) is 67.3 Å². The second-order valence-electron chi connectivity index (χ2n) is 4.92. The summed E-state index contributed by atoms with van der Waals surface area (Å²) in [7, 11) is 0. The molecule has 0 atom stereocenters. The minimum atomic E-state index is -0.759. The summed E-state index contributed by atoms with van der Waals surface area (Å²) in [5.41, 5.74) is 1.65. The number of allylic oxidation sites excluding steroid dienone is 1. The van der Waals surface area contributed by atoms with Gasteiger partial charge in [-0.3, -0.25) is 0 Å². The lowest BCUT2D eigenvalue weighted by molar-refractivity contribution is 0.0900. The van der Waals surface area contributed by atoms with E-state index in [9.17, 15) is 4.79 Å². The van der Waals surface area contributed by atoms with Gasteiger partial charge in [0.15, 0.2) is 0 Å². The van der Waals surface area contributed by atoms with Gasteiger partial charge >= 0.3 is 6.16 Å². The second kappa shape index (κ2) is 6.79. The van der Waals surface area contributed by atoms with Crippen molar-refractivity contribution in [1.29, 1.82) is 0 Å². The van der Waals surface area contributed by atoms with Crippen LogP contribution in [0.4, 0.5) is 4.79 Å². The van der Waals surface area contributed by atoms with Gasteiger partial charge in [-0.1, -0.05) is 48.5 Å². The first-order valence-electron chi connectivity index (χ1n) is 7.23. The Balaban J connectivity index is 1.76. The molecule has 0 aliphatic carbocycles. The molecule has 0 aliphatic heterocycles. The van der Waals surface area contributed by atoms with Crippen molar-refractivity contribution in [2.45, 2.75) is 13.2 Å². The molecule has 0 amide bonds. The zero-order valence-corrected chi connectivity index (χ0v) is 12.5. The molecule has 116 valence electrons. The molecule has 1 heterocycles. The summed E-state index contributed by atoms with van der Waals surface area (Å²) in [4.78, 5) is 12.0. The molecule has 0 bridgehead atoms. The summed E-state index contributed by atoms with van der Waals surface area (Å²) in [6.45, 7) is 4.29. The maximum absolute atomic E-state index is 12.0. The van der Waals surface area contributed by atoms with Crippen molar-refractivity contribution in [1.82, 2.24) is 9.78 Å². The molecule has 5 heteroatoms. The Bertz CT molecular complexity index is 825. The lowest BCUT2D eigenvalue weighted by atomic mass is 10.2. The van der Waals surface area contributed by atoms with Crippen molar-refractivity contribution >= 4 is 17.1 Å². The van der Waals surface area contributed by atoms with Gasteiger partial charge in [0.25, 0.3) is 0 Å². The summed E-state index contributed by atoms with van der Waals surface area (Å²) in [5, 5.41) is 5.14. The molecule has 0 saturated carbocycles. The monoisotopic (exact) mass is 308 g/mol. The molecule has 0 aliphatic rings. The Morgan fingerprint density at radius 2 is 1.87 bits per heavy atom. The summed E-state index contributed by atoms with van der Waals surface area (Å²) < 4.78 is 12.1. The van der Waals surface area contributed by atoms with Crippen LogP contribution in [0.1, 0.15) is 5.56 Å². The number of aromatic nitrogens is 2. The summed E-state index contributed by atoms with van der Waals surface area (Å²) >= 11 is 0. The van der Waals surface area contributed by atoms with Crippen LogP contribution >= 0.6 is 0 Å². The first-order valence-corrected chi connectivity index (χ1v) is 7.23. The highest BCUT2D eigenvalue weighted by atomic mass is 16.7. The van der Waals surface area contributed by atoms with Crippen molar-refractivity contribution in [3.05, 3.63) is 72.8 Å². The highest BCUT2D eigenvalue weighted by molar-refractivity contribution is 5.86. The molecule has 1 aromatic heterocycles. The molecule has 2 aromatic carbocycles. The average Bonchev–Trinajstić information content (AvgIpc) is 2.92. The number of ether oxygens (including phenoxy) is 2. The average molecular weight is 308 g/mol. The van der Waals surface area contributed by atoms with E-state index in [4.69, 9.17) is 9.47 Å². The van der Waals surface area contributed by atoms with Crippen LogP contribution in [0.3, 0.4) is 0 Å². The Kier molecular flexibility index (Phi) is 4.38. The van der Waals surface area contributed by atoms with Crippen LogP contribution in [0.2, 0.25) is 0 Å². The van der Waals surface area contributed by atoms with Crippen LogP contribution in [-0.4, -0.2) is 15.9 Å². The topological polar surface area (TPSA) is 53.4 Å². The Hall–Kier alpha value is -3.08. The zero-order chi connectivity index (χ0) is 16.1. The summed E-state index contributed by atoms with van der Waals surface area (Å²) in [6, 6.07) is 16.9. The standard InChI is InChI=1S/C18H16N2O3/c1-2-12-20-17(15-10-6-7-11-16(15)19-20)23-18(21)22-13-14-8-4-3-5-9-14/h2-11H,1,12-13H2. The van der Waals surface area contributed by atoms with Gasteiger partial charge in [-0.05, 0) is 17.7 Å². The Morgan fingerprint density at radius 1 is 1.13 bits per heavy atom. The highest BCUT2D eigenvalue weighted by Crippen LogP contribution is 2.26. The van der Waals surface area contributed by atoms with Gasteiger partial charge in [-0.15, -0.1) is 6.58 Å². The molecule has 0 N–H and O–H groups in total. The number of hydrogen-bond acceptors (Lipinski definition) is 4. The summed E-state index contributed by atoms with van der Waals surface area (Å²) in [5.74, 6) is 0.360. The lowest BCUT2D eigenvalue weighted by Gasteiger charge is -2.07. The van der Waals surface area contributed by atoms with Crippen LogP contribution in [0.25, 0.3) is 10.9 Å². The van der Waals surface area contributed by atoms with E-state index < -0.39 is 6.16 Å². The zero-order valence-electron chi connectivity index (χ0n) is 12.5. The van der Waals surface area contributed by atoms with E-state index >= 15 is 0 Å². The van der Waals surface area contributed by atoms with Gasteiger partial charge < -0.3 is 9.47 Å². The van der Waals surface area contributed by atoms with E-state index in [0.717, 1.165) is 16.5 Å². The molecule has 0 saturated heterocycles. The van der Waals surface area contributed by atoms with Gasteiger partial charge in [-0.25, -0.2) is 9.48 Å². The molecule has 23 heavy (non-hydrogen) atoms. The predicted molar refractivity (Wildman–Crippen MR) is 87.2 cm³/mol. The second-order valence-corrected chi connectivity index (χ2v) is 4.92. The van der Waals surface area contributed by atoms with Gasteiger partial charge in [0, 0.05) is 0 Å². The quantitative estimate of drug-likeness (QED) is 0.529. The fourth-order valence-corrected chi connectivity index (χ4v) is 2.23. The van der Waals surface area contributed by atoms with Crippen molar-refractivity contribution < 1.29 is 14.3 Å². The van der Waals surface area contributed by atoms with E-state index in [1.165, 1.54) is 0 Å². The van der Waals surface area contributed by atoms with E-state index in [0.29, 0.717) is 12.4 Å². The van der Waals surface area contributed by atoms with Crippen molar-refractivity contribution in [2.24, 2.45) is 0 Å². The van der Waals surface area contributed by atoms with Gasteiger partial charge in [0.1, 0.15) is 6.61 Å². The fourth-order valence-electron chi connectivity index (χ4n) is 2.23. The number of nitrogens with zero attached hydrogens (tertiary/aromatic N) is 2. The first-order chi connectivity index (χ1) is 11.3. The van der Waals surface area contributed by atoms with Crippen LogP contribution in [0.5, 0.6) is 5.88 Å². The van der Waals surface area contributed by atoms with E-state index in [1.807, 2.05) is 54.6 Å². The maximum atomic E-state index is 12.0. The third-order valence-corrected chi connectivity index (χ3v) is 3.28. The van der Waals surface area contributed by atoms with Gasteiger partial charge in [0.2, 0.25) is 5.88 Å². The van der Waals surface area contributed by atoms with E-state index in [2.05, 4.69) is 11.7 Å². The minimum Gasteiger partial charge on any atom is -0.429 e. The first kappa shape index (κ1) is 14.8. The Morgan fingerprint density at radius 3 is 2.65 bits per heavy atom. The van der Waals surface area contributed by atoms with Crippen molar-refractivity contribution in [3.8, 4) is 5.88 Å². The number of carbonyl (C=O) groups excluding carboxylic acids is 1. The third-order valence-electron chi connectivity index (χ3n) is 3.28. The summed E-state index contributed by atoms with van der Waals surface area (Å²) in [6.07, 6.45) is 0.929. The molecule has 3 aromatic rings. The number of benzene rings is 2. The molecule has 3 rings (SSSR count). The van der Waals surface area contributed by atoms with Crippen LogP contribution < -0.4 is 4.74 Å². The van der Waals surface area contributed by atoms with Crippen LogP contribution in [0, 0.1) is 0 Å². The van der Waals surface area contributed by atoms with E-state index in [-0.39, 0.29) is 6.61 Å². The molecule has 5 nitrogen and oxygen atoms in total. The van der Waals surface area contributed by atoms with Gasteiger partial charge in [-0.2, -0.15) is 5.10 Å². The number of hydrogen-bond donors (Lipinski definition) is 0. The molecule has 0 spiro atoms. The molecule has 0 radical (unpaired) electrons. The Labute approximate surface area is 133 Å². The highest BCUT2D eigenvalue weighted by Gasteiger charge is 2.16. The van der Waals surface area contributed by atoms with Crippen molar-refractivity contribution in [2.75, 3.05) is 0 Å². The van der Waals surface area contributed by atoms with Crippen LogP contribution in [-0.2, 0) is 17.9 Å². The van der Waals surface area contributed by atoms with E-state index in [1.54, 1.807) is 10.8 Å².